The Kier molecular flexibility index (Phi) is 5.47. The Balaban J connectivity index is 3.30. The van der Waals surface area contributed by atoms with Crippen LogP contribution in [0.1, 0.15) is 13.3 Å². The third-order valence-electron chi connectivity index (χ3n) is 0.763. The Morgan fingerprint density at radius 3 is 2.90 bits per heavy atom. The minimum absolute atomic E-state index is 0.368. The molecular weight excluding hydrogens is 132 g/mol. The Bertz CT molecular complexity index is 123. The van der Waals surface area contributed by atoms with Crippen molar-refractivity contribution in [1.82, 2.24) is 10.8 Å². The van der Waals surface area contributed by atoms with Crippen molar-refractivity contribution in [3.8, 4) is 0 Å². The molecule has 0 rings (SSSR count). The van der Waals surface area contributed by atoms with Gasteiger partial charge in [-0.3, -0.25) is 4.84 Å². The van der Waals surface area contributed by atoms with Crippen LogP contribution in [0.2, 0.25) is 0 Å². The quantitative estimate of drug-likeness (QED) is 0.575. The van der Waals surface area contributed by atoms with Crippen LogP contribution in [0.3, 0.4) is 0 Å². The second-order valence-electron chi connectivity index (χ2n) is 1.59. The van der Waals surface area contributed by atoms with Crippen molar-refractivity contribution >= 4 is 6.03 Å². The fourth-order valence-electron chi connectivity index (χ4n) is 0.375. The van der Waals surface area contributed by atoms with Gasteiger partial charge in [-0.1, -0.05) is 13.0 Å². The highest BCUT2D eigenvalue weighted by Crippen LogP contribution is 1.74. The van der Waals surface area contributed by atoms with E-state index in [4.69, 9.17) is 0 Å². The van der Waals surface area contributed by atoms with Crippen LogP contribution in [0.25, 0.3) is 0 Å². The van der Waals surface area contributed by atoms with E-state index in [9.17, 15) is 4.79 Å². The predicted octanol–water partition coefficient (Wildman–Crippen LogP) is 0.771. The molecule has 2 amide bonds. The average Bonchev–Trinajstić information content (AvgIpc) is 1.89. The van der Waals surface area contributed by atoms with Crippen molar-refractivity contribution in [1.29, 1.82) is 0 Å². The SMILES string of the molecule is CC/C=C\NC(=O)NOC. The molecule has 0 spiro atoms. The number of hydroxylamine groups is 1. The molecule has 0 aromatic carbocycles. The molecule has 0 heterocycles. The molecule has 0 atom stereocenters. The third-order valence-corrected chi connectivity index (χ3v) is 0.763. The molecule has 0 aromatic heterocycles. The van der Waals surface area contributed by atoms with E-state index < -0.39 is 0 Å². The molecule has 10 heavy (non-hydrogen) atoms. The molecule has 2 N–H and O–H groups in total. The molecule has 0 aliphatic carbocycles. The van der Waals surface area contributed by atoms with Crippen molar-refractivity contribution in [2.75, 3.05) is 7.11 Å². The van der Waals surface area contributed by atoms with Crippen molar-refractivity contribution in [2.24, 2.45) is 0 Å². The zero-order valence-electron chi connectivity index (χ0n) is 6.18. The molecule has 0 aromatic rings. The monoisotopic (exact) mass is 144 g/mol. The average molecular weight is 144 g/mol. The van der Waals surface area contributed by atoms with Crippen LogP contribution in [0.15, 0.2) is 12.3 Å². The van der Waals surface area contributed by atoms with E-state index in [1.54, 1.807) is 6.20 Å². The number of hydrogen-bond acceptors (Lipinski definition) is 2. The van der Waals surface area contributed by atoms with Crippen LogP contribution in [0, 0.1) is 0 Å². The van der Waals surface area contributed by atoms with Crippen LogP contribution in [-0.2, 0) is 4.84 Å². The minimum Gasteiger partial charge on any atom is -0.313 e. The fraction of sp³-hybridized carbons (Fsp3) is 0.500. The Labute approximate surface area is 60.2 Å². The van der Waals surface area contributed by atoms with Crippen molar-refractivity contribution in [3.63, 3.8) is 0 Å². The number of carbonyl (C=O) groups is 1. The zero-order valence-corrected chi connectivity index (χ0v) is 6.18. The summed E-state index contributed by atoms with van der Waals surface area (Å²) in [6.45, 7) is 1.98. The Morgan fingerprint density at radius 1 is 1.70 bits per heavy atom. The van der Waals surface area contributed by atoms with Gasteiger partial charge in [0.1, 0.15) is 0 Å². The fourth-order valence-corrected chi connectivity index (χ4v) is 0.375. The van der Waals surface area contributed by atoms with Crippen LogP contribution in [0.4, 0.5) is 4.79 Å². The van der Waals surface area contributed by atoms with Gasteiger partial charge in [0.05, 0.1) is 7.11 Å². The minimum atomic E-state index is -0.368. The summed E-state index contributed by atoms with van der Waals surface area (Å²) in [5, 5.41) is 2.43. The second-order valence-corrected chi connectivity index (χ2v) is 1.59. The van der Waals surface area contributed by atoms with E-state index in [-0.39, 0.29) is 6.03 Å². The highest BCUT2D eigenvalue weighted by atomic mass is 16.6. The van der Waals surface area contributed by atoms with Crippen molar-refractivity contribution in [3.05, 3.63) is 12.3 Å². The van der Waals surface area contributed by atoms with Gasteiger partial charge in [0, 0.05) is 6.20 Å². The first-order valence-electron chi connectivity index (χ1n) is 3.05. The molecular formula is C6H12N2O2. The highest BCUT2D eigenvalue weighted by Gasteiger charge is 1.90. The van der Waals surface area contributed by atoms with E-state index in [2.05, 4.69) is 15.6 Å². The summed E-state index contributed by atoms with van der Waals surface area (Å²) < 4.78 is 0. The van der Waals surface area contributed by atoms with Gasteiger partial charge in [0.2, 0.25) is 0 Å². The summed E-state index contributed by atoms with van der Waals surface area (Å²) in [5.74, 6) is 0. The molecule has 0 saturated heterocycles. The van der Waals surface area contributed by atoms with Crippen LogP contribution < -0.4 is 10.8 Å². The number of allylic oxidation sites excluding steroid dienone is 1. The van der Waals surface area contributed by atoms with Gasteiger partial charge in [-0.2, -0.15) is 0 Å². The molecule has 0 saturated carbocycles. The normalized spacial score (nSPS) is 9.80. The first-order chi connectivity index (χ1) is 4.81. The third kappa shape index (κ3) is 5.11. The first kappa shape index (κ1) is 8.97. The summed E-state index contributed by atoms with van der Waals surface area (Å²) in [6.07, 6.45) is 4.29. The van der Waals surface area contributed by atoms with Crippen molar-refractivity contribution < 1.29 is 9.63 Å². The number of nitrogens with one attached hydrogen (secondary N) is 2. The van der Waals surface area contributed by atoms with Crippen LogP contribution in [0.5, 0.6) is 0 Å². The summed E-state index contributed by atoms with van der Waals surface area (Å²) >= 11 is 0. The lowest BCUT2D eigenvalue weighted by Crippen LogP contribution is -2.30. The highest BCUT2D eigenvalue weighted by molar-refractivity contribution is 5.73. The van der Waals surface area contributed by atoms with E-state index >= 15 is 0 Å². The number of hydrogen-bond donors (Lipinski definition) is 2. The molecule has 4 nitrogen and oxygen atoms in total. The Hall–Kier alpha value is -1.03. The maximum Gasteiger partial charge on any atom is 0.342 e. The van der Waals surface area contributed by atoms with Gasteiger partial charge >= 0.3 is 6.03 Å². The summed E-state index contributed by atoms with van der Waals surface area (Å²) in [5.41, 5.74) is 2.10. The number of carbonyl (C=O) groups excluding carboxylic acids is 1. The van der Waals surface area contributed by atoms with Gasteiger partial charge < -0.3 is 5.32 Å². The number of rotatable bonds is 3. The van der Waals surface area contributed by atoms with Gasteiger partial charge in [-0.05, 0) is 6.42 Å². The van der Waals surface area contributed by atoms with E-state index in [1.807, 2.05) is 13.0 Å². The maximum absolute atomic E-state index is 10.5. The predicted molar refractivity (Wildman–Crippen MR) is 38.1 cm³/mol. The van der Waals surface area contributed by atoms with E-state index in [0.717, 1.165) is 6.42 Å². The summed E-state index contributed by atoms with van der Waals surface area (Å²) in [7, 11) is 1.38. The maximum atomic E-state index is 10.5. The summed E-state index contributed by atoms with van der Waals surface area (Å²) in [4.78, 5) is 14.9. The van der Waals surface area contributed by atoms with E-state index in [1.165, 1.54) is 7.11 Å². The zero-order chi connectivity index (χ0) is 7.82. The second kappa shape index (κ2) is 6.10. The molecule has 0 bridgehead atoms. The summed E-state index contributed by atoms with van der Waals surface area (Å²) in [6, 6.07) is -0.368. The molecule has 0 fully saturated rings. The Morgan fingerprint density at radius 2 is 2.40 bits per heavy atom. The largest absolute Gasteiger partial charge is 0.342 e. The van der Waals surface area contributed by atoms with Gasteiger partial charge in [-0.25, -0.2) is 10.3 Å². The lowest BCUT2D eigenvalue weighted by Gasteiger charge is -1.98. The molecule has 0 radical (unpaired) electrons. The van der Waals surface area contributed by atoms with Crippen LogP contribution >= 0.6 is 0 Å². The van der Waals surface area contributed by atoms with Crippen molar-refractivity contribution in [2.45, 2.75) is 13.3 Å². The van der Waals surface area contributed by atoms with E-state index in [0.29, 0.717) is 0 Å². The molecule has 58 valence electrons. The van der Waals surface area contributed by atoms with Gasteiger partial charge in [0.15, 0.2) is 0 Å². The molecule has 4 heteroatoms. The number of urea groups is 1. The molecule has 0 aliphatic heterocycles. The smallest absolute Gasteiger partial charge is 0.313 e. The standard InChI is InChI=1S/C6H12N2O2/c1-3-4-5-7-6(9)8-10-2/h4-5H,3H2,1-2H3,(H2,7,8,9)/b5-4-. The topological polar surface area (TPSA) is 50.4 Å². The van der Waals surface area contributed by atoms with Crippen LogP contribution in [-0.4, -0.2) is 13.1 Å². The van der Waals surface area contributed by atoms with Gasteiger partial charge in [-0.15, -0.1) is 0 Å². The lowest BCUT2D eigenvalue weighted by molar-refractivity contribution is 0.109. The number of amides is 2. The molecule has 0 unspecified atom stereocenters. The molecule has 0 aliphatic rings. The van der Waals surface area contributed by atoms with Gasteiger partial charge in [0.25, 0.3) is 0 Å². The first-order valence-corrected chi connectivity index (χ1v) is 3.05. The lowest BCUT2D eigenvalue weighted by atomic mass is 10.5.